The van der Waals surface area contributed by atoms with Crippen molar-refractivity contribution >= 4 is 23.5 Å². The number of carbonyl (C=O) groups is 1. The Morgan fingerprint density at radius 1 is 1.07 bits per heavy atom. The Morgan fingerprint density at radius 2 is 1.81 bits per heavy atom. The third-order valence-corrected chi connectivity index (χ3v) is 4.87. The zero-order chi connectivity index (χ0) is 18.8. The smallest absolute Gasteiger partial charge is 0.324 e. The summed E-state index contributed by atoms with van der Waals surface area (Å²) in [6.45, 7) is 4.53. The second-order valence-corrected chi connectivity index (χ2v) is 6.99. The Labute approximate surface area is 162 Å². The Morgan fingerprint density at radius 3 is 2.52 bits per heavy atom. The highest BCUT2D eigenvalue weighted by Crippen LogP contribution is 2.22. The van der Waals surface area contributed by atoms with Gasteiger partial charge in [-0.3, -0.25) is 4.79 Å². The van der Waals surface area contributed by atoms with Crippen LogP contribution in [-0.4, -0.2) is 47.1 Å². The number of halogens is 1. The second-order valence-electron chi connectivity index (χ2n) is 6.56. The topological polar surface area (TPSA) is 62.5 Å². The number of aryl methyl sites for hydroxylation is 1. The minimum Gasteiger partial charge on any atom is -0.335 e. The van der Waals surface area contributed by atoms with E-state index in [2.05, 4.69) is 10.1 Å². The minimum atomic E-state index is 0.0609. The van der Waals surface area contributed by atoms with Gasteiger partial charge in [-0.2, -0.15) is 4.98 Å². The molecule has 2 heterocycles. The first-order valence-corrected chi connectivity index (χ1v) is 9.18. The van der Waals surface area contributed by atoms with Gasteiger partial charge in [0.1, 0.15) is 0 Å². The summed E-state index contributed by atoms with van der Waals surface area (Å²) in [7, 11) is 0. The van der Waals surface area contributed by atoms with E-state index in [4.69, 9.17) is 16.1 Å². The number of carbonyl (C=O) groups excluding carboxylic acids is 1. The summed E-state index contributed by atoms with van der Waals surface area (Å²) in [5, 5.41) is 4.72. The van der Waals surface area contributed by atoms with Crippen LogP contribution >= 0.6 is 11.6 Å². The maximum absolute atomic E-state index is 12.7. The van der Waals surface area contributed by atoms with E-state index in [-0.39, 0.29) is 5.91 Å². The van der Waals surface area contributed by atoms with E-state index in [0.29, 0.717) is 43.0 Å². The van der Waals surface area contributed by atoms with Crippen molar-refractivity contribution in [2.45, 2.75) is 6.92 Å². The van der Waals surface area contributed by atoms with Crippen LogP contribution in [0.4, 0.5) is 6.01 Å². The van der Waals surface area contributed by atoms with Crippen molar-refractivity contribution in [2.75, 3.05) is 31.1 Å². The van der Waals surface area contributed by atoms with E-state index in [1.54, 1.807) is 12.1 Å². The molecule has 1 saturated heterocycles. The fraction of sp³-hybridized carbons (Fsp3) is 0.250. The third kappa shape index (κ3) is 3.80. The van der Waals surface area contributed by atoms with Gasteiger partial charge in [0.2, 0.25) is 5.82 Å². The van der Waals surface area contributed by atoms with Gasteiger partial charge in [-0.15, -0.1) is 0 Å². The molecule has 138 valence electrons. The lowest BCUT2D eigenvalue weighted by Gasteiger charge is -2.33. The Bertz CT molecular complexity index is 947. The number of aromatic nitrogens is 2. The Kier molecular flexibility index (Phi) is 4.81. The molecule has 0 saturated carbocycles. The average Bonchev–Trinajstić information content (AvgIpc) is 3.18. The molecule has 0 N–H and O–H groups in total. The molecule has 1 amide bonds. The van der Waals surface area contributed by atoms with E-state index in [1.807, 2.05) is 53.1 Å². The van der Waals surface area contributed by atoms with Crippen molar-refractivity contribution < 1.29 is 9.32 Å². The molecule has 0 atom stereocenters. The quantitative estimate of drug-likeness (QED) is 0.691. The van der Waals surface area contributed by atoms with E-state index in [0.717, 1.165) is 16.7 Å². The molecule has 4 rings (SSSR count). The van der Waals surface area contributed by atoms with Gasteiger partial charge in [0, 0.05) is 42.3 Å². The van der Waals surface area contributed by atoms with E-state index < -0.39 is 0 Å². The molecule has 3 aromatic rings. The molecule has 0 spiro atoms. The molecular weight excluding hydrogens is 364 g/mol. The summed E-state index contributed by atoms with van der Waals surface area (Å²) in [6, 6.07) is 15.5. The largest absolute Gasteiger partial charge is 0.335 e. The number of piperazine rings is 1. The van der Waals surface area contributed by atoms with E-state index in [9.17, 15) is 4.79 Å². The van der Waals surface area contributed by atoms with Gasteiger partial charge < -0.3 is 14.3 Å². The van der Waals surface area contributed by atoms with E-state index in [1.165, 1.54) is 0 Å². The van der Waals surface area contributed by atoms with Gasteiger partial charge in [-0.1, -0.05) is 34.5 Å². The highest BCUT2D eigenvalue weighted by atomic mass is 35.5. The second kappa shape index (κ2) is 7.40. The summed E-state index contributed by atoms with van der Waals surface area (Å²) in [5.74, 6) is 0.589. The maximum atomic E-state index is 12.7. The van der Waals surface area contributed by atoms with Gasteiger partial charge in [0.25, 0.3) is 5.91 Å². The molecule has 2 aromatic carbocycles. The van der Waals surface area contributed by atoms with Crippen molar-refractivity contribution in [3.63, 3.8) is 0 Å². The first-order valence-electron chi connectivity index (χ1n) is 8.81. The summed E-state index contributed by atoms with van der Waals surface area (Å²) < 4.78 is 5.41. The lowest BCUT2D eigenvalue weighted by atomic mass is 10.1. The molecule has 0 unspecified atom stereocenters. The number of hydrogen-bond acceptors (Lipinski definition) is 5. The van der Waals surface area contributed by atoms with Crippen LogP contribution in [0.15, 0.2) is 53.1 Å². The molecule has 0 bridgehead atoms. The van der Waals surface area contributed by atoms with Crippen LogP contribution in [0, 0.1) is 6.92 Å². The standard InChI is InChI=1S/C20H19ClN4O2/c1-14-3-2-4-16(13-14)19(26)24-9-11-25(12-10-24)20-22-18(23-27-20)15-5-7-17(21)8-6-15/h2-8,13H,9-12H2,1H3. The zero-order valence-electron chi connectivity index (χ0n) is 14.9. The normalized spacial score (nSPS) is 14.4. The lowest BCUT2D eigenvalue weighted by Crippen LogP contribution is -2.48. The number of hydrogen-bond donors (Lipinski definition) is 0. The van der Waals surface area contributed by atoms with Gasteiger partial charge in [-0.25, -0.2) is 0 Å². The molecule has 1 aliphatic heterocycles. The Balaban J connectivity index is 1.41. The highest BCUT2D eigenvalue weighted by Gasteiger charge is 2.25. The molecule has 1 aromatic heterocycles. The molecule has 7 heteroatoms. The SMILES string of the molecule is Cc1cccc(C(=O)N2CCN(c3nc(-c4ccc(Cl)cc4)no3)CC2)c1. The minimum absolute atomic E-state index is 0.0609. The molecule has 0 radical (unpaired) electrons. The summed E-state index contributed by atoms with van der Waals surface area (Å²) in [4.78, 5) is 21.0. The van der Waals surface area contributed by atoms with Gasteiger partial charge >= 0.3 is 6.01 Å². The van der Waals surface area contributed by atoms with Gasteiger partial charge in [0.15, 0.2) is 0 Å². The maximum Gasteiger partial charge on any atom is 0.324 e. The predicted molar refractivity (Wildman–Crippen MR) is 104 cm³/mol. The van der Waals surface area contributed by atoms with Crippen LogP contribution in [0.5, 0.6) is 0 Å². The van der Waals surface area contributed by atoms with Crippen molar-refractivity contribution in [3.05, 3.63) is 64.7 Å². The third-order valence-electron chi connectivity index (χ3n) is 4.62. The van der Waals surface area contributed by atoms with Gasteiger partial charge in [-0.05, 0) is 43.3 Å². The van der Waals surface area contributed by atoms with Crippen LogP contribution < -0.4 is 4.90 Å². The van der Waals surface area contributed by atoms with E-state index >= 15 is 0 Å². The monoisotopic (exact) mass is 382 g/mol. The number of nitrogens with zero attached hydrogens (tertiary/aromatic N) is 4. The number of benzene rings is 2. The van der Waals surface area contributed by atoms with Crippen molar-refractivity contribution in [2.24, 2.45) is 0 Å². The summed E-state index contributed by atoms with van der Waals surface area (Å²) in [6.07, 6.45) is 0. The van der Waals surface area contributed by atoms with Crippen LogP contribution in [0.1, 0.15) is 15.9 Å². The zero-order valence-corrected chi connectivity index (χ0v) is 15.7. The van der Waals surface area contributed by atoms with Gasteiger partial charge in [0.05, 0.1) is 0 Å². The van der Waals surface area contributed by atoms with Crippen molar-refractivity contribution in [1.82, 2.24) is 15.0 Å². The van der Waals surface area contributed by atoms with Crippen LogP contribution in [0.2, 0.25) is 5.02 Å². The lowest BCUT2D eigenvalue weighted by molar-refractivity contribution is 0.0744. The number of rotatable bonds is 3. The Hall–Kier alpha value is -2.86. The highest BCUT2D eigenvalue weighted by molar-refractivity contribution is 6.30. The van der Waals surface area contributed by atoms with Crippen LogP contribution in [0.3, 0.4) is 0 Å². The van der Waals surface area contributed by atoms with Crippen molar-refractivity contribution in [1.29, 1.82) is 0 Å². The first kappa shape index (κ1) is 17.5. The predicted octanol–water partition coefficient (Wildman–Crippen LogP) is 3.66. The fourth-order valence-corrected chi connectivity index (χ4v) is 3.25. The van der Waals surface area contributed by atoms with Crippen LogP contribution in [-0.2, 0) is 0 Å². The van der Waals surface area contributed by atoms with Crippen LogP contribution in [0.25, 0.3) is 11.4 Å². The molecule has 27 heavy (non-hydrogen) atoms. The number of anilines is 1. The molecule has 1 fully saturated rings. The first-order chi connectivity index (χ1) is 13.1. The molecule has 6 nitrogen and oxygen atoms in total. The summed E-state index contributed by atoms with van der Waals surface area (Å²) >= 11 is 5.91. The fourth-order valence-electron chi connectivity index (χ4n) is 3.12. The molecular formula is C20H19ClN4O2. The number of amides is 1. The average molecular weight is 383 g/mol. The molecule has 1 aliphatic rings. The summed E-state index contributed by atoms with van der Waals surface area (Å²) in [5.41, 5.74) is 2.66. The molecule has 0 aliphatic carbocycles. The van der Waals surface area contributed by atoms with Crippen molar-refractivity contribution in [3.8, 4) is 11.4 Å².